The Kier molecular flexibility index (Phi) is 5.13. The second kappa shape index (κ2) is 7.75. The molecule has 0 radical (unpaired) electrons. The van der Waals surface area contributed by atoms with Crippen LogP contribution in [0.1, 0.15) is 35.5 Å². The molecule has 1 aliphatic rings. The average molecular weight is 425 g/mol. The number of carbonyl (C=O) groups is 3. The summed E-state index contributed by atoms with van der Waals surface area (Å²) in [6.07, 6.45) is 0.281. The lowest BCUT2D eigenvalue weighted by Gasteiger charge is -2.32. The number of amides is 2. The molecule has 2 aromatic heterocycles. The minimum Gasteiger partial charge on any atom is -0.458 e. The molecule has 0 aliphatic carbocycles. The van der Waals surface area contributed by atoms with Crippen molar-refractivity contribution >= 4 is 34.3 Å². The van der Waals surface area contributed by atoms with Crippen LogP contribution in [0, 0.1) is 0 Å². The number of rotatable bonds is 5. The van der Waals surface area contributed by atoms with E-state index < -0.39 is 17.5 Å². The number of ether oxygens (including phenoxy) is 1. The monoisotopic (exact) mass is 425 g/mol. The van der Waals surface area contributed by atoms with E-state index in [0.29, 0.717) is 27.9 Å². The summed E-state index contributed by atoms with van der Waals surface area (Å²) in [4.78, 5) is 40.5. The lowest BCUT2D eigenvalue weighted by Crippen LogP contribution is -2.48. The van der Waals surface area contributed by atoms with Gasteiger partial charge in [0.25, 0.3) is 5.91 Å². The van der Waals surface area contributed by atoms with Crippen LogP contribution in [0.25, 0.3) is 11.5 Å². The fraction of sp³-hybridized carbons (Fsp3) is 0.238. The number of carbonyl (C=O) groups excluding carboxylic acids is 3. The topological polar surface area (TPSA) is 111 Å². The number of esters is 1. The zero-order valence-corrected chi connectivity index (χ0v) is 17.2. The van der Waals surface area contributed by atoms with Gasteiger partial charge in [0.2, 0.25) is 5.91 Å². The summed E-state index contributed by atoms with van der Waals surface area (Å²) in [5.74, 6) is 0.00945. The Balaban J connectivity index is 1.46. The molecule has 30 heavy (non-hydrogen) atoms. The maximum atomic E-state index is 12.9. The number of fused-ring (bicyclic) bond motifs is 1. The molecule has 9 heteroatoms. The molecule has 0 saturated carbocycles. The fourth-order valence-corrected chi connectivity index (χ4v) is 3.85. The van der Waals surface area contributed by atoms with Crippen molar-refractivity contribution in [3.8, 4) is 11.5 Å². The van der Waals surface area contributed by atoms with E-state index in [9.17, 15) is 14.4 Å². The van der Waals surface area contributed by atoms with Crippen LogP contribution in [0.2, 0.25) is 0 Å². The number of nitrogens with one attached hydrogen (secondary N) is 2. The van der Waals surface area contributed by atoms with Gasteiger partial charge < -0.3 is 14.5 Å². The van der Waals surface area contributed by atoms with Gasteiger partial charge in [-0.3, -0.25) is 14.9 Å². The maximum absolute atomic E-state index is 12.9. The molecule has 1 unspecified atom stereocenters. The van der Waals surface area contributed by atoms with E-state index in [1.165, 1.54) is 18.3 Å². The van der Waals surface area contributed by atoms with Crippen molar-refractivity contribution in [3.05, 3.63) is 58.7 Å². The van der Waals surface area contributed by atoms with Crippen molar-refractivity contribution in [2.24, 2.45) is 0 Å². The first-order chi connectivity index (χ1) is 14.3. The van der Waals surface area contributed by atoms with Crippen LogP contribution in [-0.4, -0.2) is 28.4 Å². The van der Waals surface area contributed by atoms with E-state index in [0.717, 1.165) is 5.56 Å². The van der Waals surface area contributed by atoms with Crippen LogP contribution >= 0.6 is 11.3 Å². The highest BCUT2D eigenvalue weighted by atomic mass is 32.1. The molecule has 1 aromatic carbocycles. The van der Waals surface area contributed by atoms with Gasteiger partial charge in [-0.05, 0) is 30.7 Å². The lowest BCUT2D eigenvalue weighted by molar-refractivity contribution is -0.134. The predicted octanol–water partition coefficient (Wildman–Crippen LogP) is 3.15. The van der Waals surface area contributed by atoms with E-state index >= 15 is 0 Å². The Hall–Kier alpha value is -3.46. The van der Waals surface area contributed by atoms with Crippen LogP contribution in [0.3, 0.4) is 0 Å². The summed E-state index contributed by atoms with van der Waals surface area (Å²) in [6, 6.07) is 10.6. The maximum Gasteiger partial charge on any atom is 0.339 e. The van der Waals surface area contributed by atoms with E-state index in [4.69, 9.17) is 9.15 Å². The van der Waals surface area contributed by atoms with Gasteiger partial charge in [0.15, 0.2) is 16.5 Å². The number of benzene rings is 1. The van der Waals surface area contributed by atoms with Gasteiger partial charge >= 0.3 is 5.97 Å². The average Bonchev–Trinajstić information content (AvgIpc) is 3.35. The Morgan fingerprint density at radius 3 is 2.83 bits per heavy atom. The third-order valence-corrected chi connectivity index (χ3v) is 5.47. The zero-order valence-electron chi connectivity index (χ0n) is 16.4. The molecule has 2 N–H and O–H groups in total. The summed E-state index contributed by atoms with van der Waals surface area (Å²) in [5.41, 5.74) is 0.481. The zero-order chi connectivity index (χ0) is 21.3. The van der Waals surface area contributed by atoms with Crippen LogP contribution in [0.5, 0.6) is 0 Å². The number of thiazole rings is 1. The summed E-state index contributed by atoms with van der Waals surface area (Å²) >= 11 is 1.24. The lowest BCUT2D eigenvalue weighted by atomic mass is 9.89. The van der Waals surface area contributed by atoms with Gasteiger partial charge in [0.05, 0.1) is 12.1 Å². The molecule has 1 atom stereocenters. The summed E-state index contributed by atoms with van der Waals surface area (Å²) < 4.78 is 11.1. The third-order valence-electron chi connectivity index (χ3n) is 4.71. The highest BCUT2D eigenvalue weighted by Crippen LogP contribution is 2.31. The molecule has 1 aliphatic heterocycles. The fourth-order valence-electron chi connectivity index (χ4n) is 3.16. The SMILES string of the molecule is CC(=O)NCc1ccc(-c2csc(NC(=O)C3(C)Cc4ccccc4C(=O)O3)n2)o1. The van der Waals surface area contributed by atoms with Gasteiger partial charge in [0, 0.05) is 18.7 Å². The molecule has 0 fully saturated rings. The Bertz CT molecular complexity index is 1140. The molecule has 0 saturated heterocycles. The van der Waals surface area contributed by atoms with Crippen LogP contribution in [0.15, 0.2) is 46.2 Å². The van der Waals surface area contributed by atoms with E-state index in [-0.39, 0.29) is 18.9 Å². The summed E-state index contributed by atoms with van der Waals surface area (Å²) in [7, 11) is 0. The van der Waals surface area contributed by atoms with E-state index in [1.54, 1.807) is 36.6 Å². The quantitative estimate of drug-likeness (QED) is 0.608. The van der Waals surface area contributed by atoms with Gasteiger partial charge in [-0.2, -0.15) is 0 Å². The number of furan rings is 1. The van der Waals surface area contributed by atoms with Gasteiger partial charge in [-0.1, -0.05) is 18.2 Å². The summed E-state index contributed by atoms with van der Waals surface area (Å²) in [5, 5.41) is 7.51. The van der Waals surface area contributed by atoms with Crippen LogP contribution < -0.4 is 10.6 Å². The smallest absolute Gasteiger partial charge is 0.339 e. The Morgan fingerprint density at radius 2 is 2.03 bits per heavy atom. The summed E-state index contributed by atoms with van der Waals surface area (Å²) in [6.45, 7) is 3.31. The third kappa shape index (κ3) is 3.97. The van der Waals surface area contributed by atoms with E-state index in [2.05, 4.69) is 15.6 Å². The molecule has 3 heterocycles. The molecular weight excluding hydrogens is 406 g/mol. The van der Waals surface area contributed by atoms with Crippen molar-refractivity contribution in [2.75, 3.05) is 5.32 Å². The largest absolute Gasteiger partial charge is 0.458 e. The number of cyclic esters (lactones) is 1. The Morgan fingerprint density at radius 1 is 1.23 bits per heavy atom. The van der Waals surface area contributed by atoms with Crippen LogP contribution in [0.4, 0.5) is 5.13 Å². The number of anilines is 1. The van der Waals surface area contributed by atoms with Crippen molar-refractivity contribution in [2.45, 2.75) is 32.4 Å². The number of aromatic nitrogens is 1. The normalized spacial score (nSPS) is 17.7. The molecule has 8 nitrogen and oxygen atoms in total. The molecule has 3 aromatic rings. The highest BCUT2D eigenvalue weighted by Gasteiger charge is 2.42. The first-order valence-electron chi connectivity index (χ1n) is 9.26. The predicted molar refractivity (Wildman–Crippen MR) is 110 cm³/mol. The molecular formula is C21H19N3O5S. The van der Waals surface area contributed by atoms with Gasteiger partial charge in [-0.25, -0.2) is 9.78 Å². The second-order valence-corrected chi connectivity index (χ2v) is 7.98. The Labute approximate surface area is 176 Å². The van der Waals surface area contributed by atoms with E-state index in [1.807, 2.05) is 12.1 Å². The molecule has 4 rings (SSSR count). The molecule has 0 spiro atoms. The van der Waals surface area contributed by atoms with Crippen molar-refractivity contribution in [1.82, 2.24) is 10.3 Å². The van der Waals surface area contributed by atoms with Crippen LogP contribution in [-0.2, 0) is 27.3 Å². The van der Waals surface area contributed by atoms with Gasteiger partial charge in [-0.15, -0.1) is 11.3 Å². The van der Waals surface area contributed by atoms with Crippen molar-refractivity contribution in [3.63, 3.8) is 0 Å². The number of hydrogen-bond donors (Lipinski definition) is 2. The molecule has 2 amide bonds. The molecule has 0 bridgehead atoms. The standard InChI is InChI=1S/C21H19N3O5S/c1-12(25)22-10-14-7-8-17(28-14)16-11-30-20(23-16)24-19(27)21(2)9-13-5-3-4-6-15(13)18(26)29-21/h3-8,11H,9-10H2,1-2H3,(H,22,25)(H,23,24,27). The number of nitrogens with zero attached hydrogens (tertiary/aromatic N) is 1. The second-order valence-electron chi connectivity index (χ2n) is 7.12. The first kappa shape index (κ1) is 19.8. The minimum absolute atomic E-state index is 0.147. The number of hydrogen-bond acceptors (Lipinski definition) is 7. The van der Waals surface area contributed by atoms with Gasteiger partial charge in [0.1, 0.15) is 11.5 Å². The van der Waals surface area contributed by atoms with Crippen molar-refractivity contribution in [1.29, 1.82) is 0 Å². The first-order valence-corrected chi connectivity index (χ1v) is 10.1. The molecule has 154 valence electrons. The van der Waals surface area contributed by atoms with Crippen molar-refractivity contribution < 1.29 is 23.5 Å². The minimum atomic E-state index is -1.33. The highest BCUT2D eigenvalue weighted by molar-refractivity contribution is 7.14.